The van der Waals surface area contributed by atoms with Gasteiger partial charge < -0.3 is 9.47 Å². The average Bonchev–Trinajstić information content (AvgIpc) is 3.03. The molecule has 0 bridgehead atoms. The lowest BCUT2D eigenvalue weighted by molar-refractivity contribution is -0.134. The fourth-order valence-corrected chi connectivity index (χ4v) is 5.78. The summed E-state index contributed by atoms with van der Waals surface area (Å²) in [6, 6.07) is 0.175. The Hall–Kier alpha value is -0.620. The standard InChI is InChI=1S/C15H23N3OS2/c1-2-17-8-6-16-14(17)12-5-3-4-7-18(12)15(19)13-11-20-9-10-21-13/h6,8,12-13H,2-5,7,9-11H2,1H3. The third-order valence-electron chi connectivity index (χ3n) is 4.26. The van der Waals surface area contributed by atoms with Gasteiger partial charge in [-0.3, -0.25) is 4.79 Å². The average molecular weight is 326 g/mol. The van der Waals surface area contributed by atoms with Gasteiger partial charge in [-0.05, 0) is 26.2 Å². The van der Waals surface area contributed by atoms with Crippen LogP contribution >= 0.6 is 23.5 Å². The Labute approximate surface area is 135 Å². The zero-order chi connectivity index (χ0) is 14.7. The number of thioether (sulfide) groups is 2. The van der Waals surface area contributed by atoms with Gasteiger partial charge in [0.2, 0.25) is 5.91 Å². The van der Waals surface area contributed by atoms with Crippen molar-refractivity contribution in [2.45, 2.75) is 44.0 Å². The number of hydrogen-bond donors (Lipinski definition) is 0. The van der Waals surface area contributed by atoms with Crippen molar-refractivity contribution in [1.82, 2.24) is 14.5 Å². The highest BCUT2D eigenvalue weighted by molar-refractivity contribution is 8.07. The maximum absolute atomic E-state index is 12.9. The van der Waals surface area contributed by atoms with Gasteiger partial charge >= 0.3 is 0 Å². The summed E-state index contributed by atoms with van der Waals surface area (Å²) in [4.78, 5) is 19.6. The summed E-state index contributed by atoms with van der Waals surface area (Å²) in [6.45, 7) is 3.94. The Kier molecular flexibility index (Phi) is 5.16. The molecule has 0 radical (unpaired) electrons. The number of amides is 1. The predicted molar refractivity (Wildman–Crippen MR) is 89.8 cm³/mol. The Morgan fingerprint density at radius 2 is 2.33 bits per heavy atom. The minimum atomic E-state index is 0.148. The van der Waals surface area contributed by atoms with E-state index in [9.17, 15) is 4.79 Å². The number of carbonyl (C=O) groups is 1. The zero-order valence-electron chi connectivity index (χ0n) is 12.5. The van der Waals surface area contributed by atoms with E-state index < -0.39 is 0 Å². The second kappa shape index (κ2) is 7.09. The van der Waals surface area contributed by atoms with Gasteiger partial charge in [-0.2, -0.15) is 11.8 Å². The molecule has 2 saturated heterocycles. The maximum Gasteiger partial charge on any atom is 0.237 e. The number of nitrogens with zero attached hydrogens (tertiary/aromatic N) is 3. The number of carbonyl (C=O) groups excluding carboxylic acids is 1. The van der Waals surface area contributed by atoms with E-state index in [1.165, 1.54) is 12.2 Å². The molecular formula is C15H23N3OS2. The Morgan fingerprint density at radius 3 is 3.10 bits per heavy atom. The van der Waals surface area contributed by atoms with Crippen LogP contribution in [0.15, 0.2) is 12.4 Å². The second-order valence-corrected chi connectivity index (χ2v) is 8.01. The van der Waals surface area contributed by atoms with Crippen LogP contribution in [0.5, 0.6) is 0 Å². The topological polar surface area (TPSA) is 38.1 Å². The van der Waals surface area contributed by atoms with E-state index in [1.54, 1.807) is 0 Å². The molecule has 4 nitrogen and oxygen atoms in total. The molecule has 1 amide bonds. The number of likely N-dealkylation sites (tertiary alicyclic amines) is 1. The fraction of sp³-hybridized carbons (Fsp3) is 0.733. The number of hydrogen-bond acceptors (Lipinski definition) is 4. The first kappa shape index (κ1) is 15.3. The third-order valence-corrected chi connectivity index (χ3v) is 7.01. The van der Waals surface area contributed by atoms with Crippen molar-refractivity contribution in [2.24, 2.45) is 0 Å². The molecule has 6 heteroatoms. The maximum atomic E-state index is 12.9. The summed E-state index contributed by atoms with van der Waals surface area (Å²) in [5.41, 5.74) is 0. The van der Waals surface area contributed by atoms with E-state index in [0.29, 0.717) is 5.91 Å². The number of piperidine rings is 1. The van der Waals surface area contributed by atoms with Crippen LogP contribution in [0.3, 0.4) is 0 Å². The summed E-state index contributed by atoms with van der Waals surface area (Å²) in [5, 5.41) is 0.148. The lowest BCUT2D eigenvalue weighted by Crippen LogP contribution is -2.45. The molecule has 2 aliphatic rings. The Bertz CT molecular complexity index is 485. The highest BCUT2D eigenvalue weighted by Gasteiger charge is 2.35. The molecule has 3 heterocycles. The van der Waals surface area contributed by atoms with Crippen LogP contribution in [0.25, 0.3) is 0 Å². The number of aryl methyl sites for hydroxylation is 1. The van der Waals surface area contributed by atoms with Crippen LogP contribution in [0, 0.1) is 0 Å². The van der Waals surface area contributed by atoms with Crippen molar-refractivity contribution < 1.29 is 4.79 Å². The predicted octanol–water partition coefficient (Wildman–Crippen LogP) is 2.81. The fourth-order valence-electron chi connectivity index (χ4n) is 3.16. The molecule has 0 aliphatic carbocycles. The van der Waals surface area contributed by atoms with E-state index in [1.807, 2.05) is 35.9 Å². The normalized spacial score (nSPS) is 26.8. The van der Waals surface area contributed by atoms with Gasteiger partial charge in [0, 0.05) is 42.7 Å². The van der Waals surface area contributed by atoms with Crippen LogP contribution in [-0.2, 0) is 11.3 Å². The van der Waals surface area contributed by atoms with Crippen LogP contribution in [-0.4, -0.2) is 49.4 Å². The number of rotatable bonds is 3. The quantitative estimate of drug-likeness (QED) is 0.856. The molecule has 3 rings (SSSR count). The monoisotopic (exact) mass is 325 g/mol. The third kappa shape index (κ3) is 3.26. The minimum absolute atomic E-state index is 0.148. The zero-order valence-corrected chi connectivity index (χ0v) is 14.2. The highest BCUT2D eigenvalue weighted by Crippen LogP contribution is 2.34. The van der Waals surface area contributed by atoms with E-state index in [0.717, 1.165) is 43.3 Å². The Morgan fingerprint density at radius 1 is 1.43 bits per heavy atom. The van der Waals surface area contributed by atoms with Gasteiger partial charge in [0.1, 0.15) is 5.82 Å². The number of imidazole rings is 1. The molecule has 0 N–H and O–H groups in total. The molecule has 0 spiro atoms. The molecule has 2 atom stereocenters. The van der Waals surface area contributed by atoms with Gasteiger partial charge in [0.25, 0.3) is 0 Å². The summed E-state index contributed by atoms with van der Waals surface area (Å²) in [6.07, 6.45) is 7.25. The van der Waals surface area contributed by atoms with Crippen molar-refractivity contribution >= 4 is 29.4 Å². The first-order chi connectivity index (χ1) is 10.3. The van der Waals surface area contributed by atoms with E-state index in [4.69, 9.17) is 0 Å². The van der Waals surface area contributed by atoms with E-state index >= 15 is 0 Å². The molecule has 0 saturated carbocycles. The lowest BCUT2D eigenvalue weighted by Gasteiger charge is -2.38. The smallest absolute Gasteiger partial charge is 0.237 e. The van der Waals surface area contributed by atoms with Crippen LogP contribution in [0.1, 0.15) is 38.1 Å². The molecular weight excluding hydrogens is 302 g/mol. The van der Waals surface area contributed by atoms with Crippen molar-refractivity contribution in [3.63, 3.8) is 0 Å². The molecule has 2 fully saturated rings. The van der Waals surface area contributed by atoms with Crippen LogP contribution in [0.4, 0.5) is 0 Å². The van der Waals surface area contributed by atoms with E-state index in [-0.39, 0.29) is 11.3 Å². The molecule has 21 heavy (non-hydrogen) atoms. The molecule has 116 valence electrons. The largest absolute Gasteiger partial charge is 0.333 e. The summed E-state index contributed by atoms with van der Waals surface area (Å²) in [7, 11) is 0. The molecule has 2 aliphatic heterocycles. The Balaban J connectivity index is 1.79. The van der Waals surface area contributed by atoms with Crippen molar-refractivity contribution in [1.29, 1.82) is 0 Å². The summed E-state index contributed by atoms with van der Waals surface area (Å²) in [5.74, 6) is 4.65. The van der Waals surface area contributed by atoms with Gasteiger partial charge in [0.05, 0.1) is 11.3 Å². The second-order valence-electron chi connectivity index (χ2n) is 5.55. The van der Waals surface area contributed by atoms with Gasteiger partial charge in [-0.15, -0.1) is 11.8 Å². The minimum Gasteiger partial charge on any atom is -0.333 e. The van der Waals surface area contributed by atoms with Crippen LogP contribution < -0.4 is 0 Å². The molecule has 0 aromatic carbocycles. The first-order valence-corrected chi connectivity index (χ1v) is 10.0. The molecule has 2 unspecified atom stereocenters. The SMILES string of the molecule is CCn1ccnc1C1CCCCN1C(=O)C1CSCCS1. The van der Waals surface area contributed by atoms with Crippen LogP contribution in [0.2, 0.25) is 0 Å². The molecule has 1 aromatic heterocycles. The first-order valence-electron chi connectivity index (χ1n) is 7.82. The summed E-state index contributed by atoms with van der Waals surface area (Å²) < 4.78 is 2.18. The van der Waals surface area contributed by atoms with E-state index in [2.05, 4.69) is 21.4 Å². The van der Waals surface area contributed by atoms with Gasteiger partial charge in [-0.25, -0.2) is 4.98 Å². The number of aromatic nitrogens is 2. The van der Waals surface area contributed by atoms with Crippen molar-refractivity contribution in [2.75, 3.05) is 23.8 Å². The van der Waals surface area contributed by atoms with Crippen molar-refractivity contribution in [3.05, 3.63) is 18.2 Å². The highest BCUT2D eigenvalue weighted by atomic mass is 32.2. The summed E-state index contributed by atoms with van der Waals surface area (Å²) >= 11 is 3.75. The lowest BCUT2D eigenvalue weighted by atomic mass is 10.0. The molecule has 1 aromatic rings. The van der Waals surface area contributed by atoms with Gasteiger partial charge in [-0.1, -0.05) is 0 Å². The van der Waals surface area contributed by atoms with Crippen molar-refractivity contribution in [3.8, 4) is 0 Å². The van der Waals surface area contributed by atoms with Gasteiger partial charge in [0.15, 0.2) is 0 Å².